The van der Waals surface area contributed by atoms with E-state index in [4.69, 9.17) is 14.5 Å². The van der Waals surface area contributed by atoms with Gasteiger partial charge >= 0.3 is 13.3 Å². The van der Waals surface area contributed by atoms with Crippen molar-refractivity contribution in [3.63, 3.8) is 0 Å². The molecule has 2 aliphatic rings. The lowest BCUT2D eigenvalue weighted by atomic mass is 9.85. The second-order valence-corrected chi connectivity index (χ2v) is 15.8. The minimum absolute atomic E-state index is 0.114. The van der Waals surface area contributed by atoms with Crippen molar-refractivity contribution in [2.75, 3.05) is 26.2 Å². The van der Waals surface area contributed by atoms with E-state index >= 15 is 0 Å². The van der Waals surface area contributed by atoms with Crippen molar-refractivity contribution in [3.05, 3.63) is 69.8 Å². The largest absolute Gasteiger partial charge is 0.399 e. The van der Waals surface area contributed by atoms with Gasteiger partial charge in [-0.25, -0.2) is 4.39 Å². The Hall–Kier alpha value is -3.29. The Morgan fingerprint density at radius 2 is 1.81 bits per heavy atom. The zero-order valence-electron chi connectivity index (χ0n) is 26.3. The van der Waals surface area contributed by atoms with E-state index in [0.29, 0.717) is 36.2 Å². The number of ether oxygens (including phenoxy) is 1. The van der Waals surface area contributed by atoms with Gasteiger partial charge in [0.05, 0.1) is 18.0 Å². The van der Waals surface area contributed by atoms with E-state index in [-0.39, 0.29) is 35.1 Å². The molecule has 3 amide bonds. The normalized spacial score (nSPS) is 20.0. The van der Waals surface area contributed by atoms with Crippen LogP contribution in [-0.2, 0) is 24.6 Å². The number of carbonyl (C=O) groups is 3. The van der Waals surface area contributed by atoms with Gasteiger partial charge in [-0.2, -0.15) is 8.78 Å². The van der Waals surface area contributed by atoms with E-state index in [1.165, 1.54) is 23.1 Å². The van der Waals surface area contributed by atoms with Gasteiger partial charge in [0.15, 0.2) is 0 Å². The first-order valence-corrected chi connectivity index (χ1v) is 17.6. The number of morpholine rings is 1. The van der Waals surface area contributed by atoms with E-state index in [1.54, 1.807) is 44.7 Å². The van der Waals surface area contributed by atoms with Crippen molar-refractivity contribution < 1.29 is 46.6 Å². The molecule has 1 aromatic heterocycles. The van der Waals surface area contributed by atoms with Crippen LogP contribution in [0.15, 0.2) is 42.5 Å². The maximum Gasteiger partial charge on any atom is 0.399 e. The number of hydrogen-bond donors (Lipinski definition) is 3. The van der Waals surface area contributed by atoms with Crippen molar-refractivity contribution >= 4 is 46.7 Å². The topological polar surface area (TPSA) is 136 Å². The molecule has 2 fully saturated rings. The van der Waals surface area contributed by atoms with Crippen molar-refractivity contribution in [2.45, 2.75) is 64.4 Å². The van der Waals surface area contributed by atoms with E-state index in [2.05, 4.69) is 5.32 Å². The molecule has 3 heterocycles. The highest BCUT2D eigenvalue weighted by Gasteiger charge is 2.50. The summed E-state index contributed by atoms with van der Waals surface area (Å²) in [7, 11) is -5.78. The molecular formula is C32H37F3N3O7PS. The third kappa shape index (κ3) is 7.12. The summed E-state index contributed by atoms with van der Waals surface area (Å²) in [6, 6.07) is 7.35. The molecule has 15 heteroatoms. The van der Waals surface area contributed by atoms with E-state index in [0.717, 1.165) is 29.0 Å². The average molecular weight is 696 g/mol. The van der Waals surface area contributed by atoms with E-state index in [9.17, 15) is 32.1 Å². The van der Waals surface area contributed by atoms with Crippen LogP contribution in [0.5, 0.6) is 0 Å². The Labute approximate surface area is 274 Å². The molecule has 10 nitrogen and oxygen atoms in total. The van der Waals surface area contributed by atoms with Gasteiger partial charge in [0.1, 0.15) is 24.0 Å². The van der Waals surface area contributed by atoms with Gasteiger partial charge in [-0.15, -0.1) is 11.3 Å². The number of rotatable bonds is 7. The number of alkyl halides is 2. The number of aryl methyl sites for hydroxylation is 1. The second-order valence-electron chi connectivity index (χ2n) is 13.1. The molecule has 0 saturated carbocycles. The summed E-state index contributed by atoms with van der Waals surface area (Å²) in [5.74, 6) is -1.61. The zero-order chi connectivity index (χ0) is 34.5. The number of fused-ring (bicyclic) bond motifs is 1. The smallest absolute Gasteiger partial charge is 0.370 e. The van der Waals surface area contributed by atoms with Gasteiger partial charge in [-0.3, -0.25) is 18.9 Å². The van der Waals surface area contributed by atoms with Gasteiger partial charge < -0.3 is 29.6 Å². The van der Waals surface area contributed by atoms with Crippen LogP contribution in [0.1, 0.15) is 66.1 Å². The summed E-state index contributed by atoms with van der Waals surface area (Å²) in [5.41, 5.74) is -4.83. The molecule has 1 unspecified atom stereocenters. The summed E-state index contributed by atoms with van der Waals surface area (Å²) in [5, 5.41) is 2.98. The van der Waals surface area contributed by atoms with Gasteiger partial charge in [-0.05, 0) is 66.0 Å². The van der Waals surface area contributed by atoms with Crippen LogP contribution in [0.25, 0.3) is 10.1 Å². The Balaban J connectivity index is 1.32. The predicted molar refractivity (Wildman–Crippen MR) is 170 cm³/mol. The molecule has 0 spiro atoms. The molecule has 3 aromatic rings. The van der Waals surface area contributed by atoms with Crippen molar-refractivity contribution in [1.29, 1.82) is 0 Å². The SMILES string of the molecule is Cc1cc(C2CN(C(=O)[C@@H]3CCCN3C(=O)[C@@H](NC(=O)c3cc4cc(C(F)(F)P(=O)(O)O)ccc4s3)C(C)(C)C)CCO2)ccc1F. The third-order valence-electron chi connectivity index (χ3n) is 8.59. The molecule has 3 N–H and O–H groups in total. The number of thiophene rings is 1. The highest BCUT2D eigenvalue weighted by molar-refractivity contribution is 7.52. The molecule has 3 atom stereocenters. The van der Waals surface area contributed by atoms with Gasteiger partial charge in [0.2, 0.25) is 11.8 Å². The summed E-state index contributed by atoms with van der Waals surface area (Å²) in [4.78, 5) is 62.8. The van der Waals surface area contributed by atoms with E-state index < -0.39 is 54.2 Å². The number of nitrogens with zero attached hydrogens (tertiary/aromatic N) is 2. The lowest BCUT2D eigenvalue weighted by molar-refractivity contribution is -0.150. The first kappa shape index (κ1) is 35.0. The van der Waals surface area contributed by atoms with Crippen LogP contribution in [0.4, 0.5) is 13.2 Å². The number of nitrogens with one attached hydrogen (secondary N) is 1. The minimum Gasteiger partial charge on any atom is -0.370 e. The maximum absolute atomic E-state index is 14.3. The molecule has 0 aliphatic carbocycles. The lowest BCUT2D eigenvalue weighted by Gasteiger charge is -2.38. The van der Waals surface area contributed by atoms with Crippen LogP contribution in [0, 0.1) is 18.2 Å². The summed E-state index contributed by atoms with van der Waals surface area (Å²) < 4.78 is 60.1. The van der Waals surface area contributed by atoms with Crippen LogP contribution >= 0.6 is 18.9 Å². The number of carbonyl (C=O) groups excluding carboxylic acids is 3. The fourth-order valence-electron chi connectivity index (χ4n) is 5.94. The van der Waals surface area contributed by atoms with Crippen LogP contribution in [0.3, 0.4) is 0 Å². The summed E-state index contributed by atoms with van der Waals surface area (Å²) in [6.45, 7) is 8.18. The van der Waals surface area contributed by atoms with Crippen LogP contribution < -0.4 is 5.32 Å². The zero-order valence-corrected chi connectivity index (χ0v) is 28.0. The van der Waals surface area contributed by atoms with Crippen molar-refractivity contribution in [1.82, 2.24) is 15.1 Å². The number of halogens is 3. The fraction of sp³-hybridized carbons (Fsp3) is 0.469. The Kier molecular flexibility index (Phi) is 9.66. The molecule has 0 radical (unpaired) electrons. The second kappa shape index (κ2) is 13.0. The first-order chi connectivity index (χ1) is 21.9. The average Bonchev–Trinajstić information content (AvgIpc) is 3.67. The van der Waals surface area contributed by atoms with Crippen LogP contribution in [0.2, 0.25) is 0 Å². The highest BCUT2D eigenvalue weighted by Crippen LogP contribution is 2.59. The Bertz CT molecular complexity index is 1760. The fourth-order valence-corrected chi connectivity index (χ4v) is 7.37. The first-order valence-electron chi connectivity index (χ1n) is 15.1. The predicted octanol–water partition coefficient (Wildman–Crippen LogP) is 5.31. The van der Waals surface area contributed by atoms with Gasteiger partial charge in [0.25, 0.3) is 5.91 Å². The molecule has 254 valence electrons. The maximum atomic E-state index is 14.3. The number of likely N-dealkylation sites (tertiary alicyclic amines) is 1. The Morgan fingerprint density at radius 1 is 1.09 bits per heavy atom. The minimum atomic E-state index is -5.78. The van der Waals surface area contributed by atoms with Gasteiger partial charge in [0, 0.05) is 23.4 Å². The summed E-state index contributed by atoms with van der Waals surface area (Å²) >= 11 is 0.984. The molecule has 47 heavy (non-hydrogen) atoms. The Morgan fingerprint density at radius 3 is 2.47 bits per heavy atom. The van der Waals surface area contributed by atoms with Crippen molar-refractivity contribution in [3.8, 4) is 0 Å². The monoisotopic (exact) mass is 695 g/mol. The highest BCUT2D eigenvalue weighted by atomic mass is 32.1. The molecule has 2 saturated heterocycles. The molecular weight excluding hydrogens is 658 g/mol. The summed E-state index contributed by atoms with van der Waals surface area (Å²) in [6.07, 6.45) is 0.598. The molecule has 2 aromatic carbocycles. The van der Waals surface area contributed by atoms with Gasteiger partial charge in [-0.1, -0.05) is 39.0 Å². The number of amides is 3. The van der Waals surface area contributed by atoms with Crippen molar-refractivity contribution in [2.24, 2.45) is 5.41 Å². The lowest BCUT2D eigenvalue weighted by Crippen LogP contribution is -2.58. The molecule has 0 bridgehead atoms. The molecule has 5 rings (SSSR count). The van der Waals surface area contributed by atoms with Crippen LogP contribution in [-0.4, -0.2) is 75.6 Å². The van der Waals surface area contributed by atoms with E-state index in [1.807, 2.05) is 0 Å². The quantitative estimate of drug-likeness (QED) is 0.285. The number of benzene rings is 2. The standard InChI is InChI=1S/C32H37F3N3O7PS/c1-18-14-19(7-9-22(18)33)24-17-37(12-13-45-24)29(40)23-6-5-11-38(23)30(41)27(31(2,3)4)36-28(39)26-16-20-15-21(8-10-25(20)47-26)32(34,35)46(42,43)44/h7-10,14-16,23-24,27H,5-6,11-13,17H2,1-4H3,(H,36,39)(H2,42,43,44)/t23-,24?,27+/m0/s1. The molecule has 2 aliphatic heterocycles. The third-order valence-corrected chi connectivity index (χ3v) is 10.7. The number of hydrogen-bond acceptors (Lipinski definition) is 6.